The SMILES string of the molecule is C#Cc1ccc2[nH]c(S(=O)(=O)N3CCN(C(=O)c4nc5c(s4)CN(S(C)(=O)=O)CC5)CC3)cc2c1. The third-order valence-corrected chi connectivity index (χ3v) is 10.4. The molecule has 2 aromatic heterocycles. The molecule has 10 nitrogen and oxygen atoms in total. The van der Waals surface area contributed by atoms with Crippen molar-refractivity contribution in [3.05, 3.63) is 45.4 Å². The molecule has 3 aromatic rings. The highest BCUT2D eigenvalue weighted by Crippen LogP contribution is 2.28. The van der Waals surface area contributed by atoms with Gasteiger partial charge in [0.25, 0.3) is 15.9 Å². The number of aromatic amines is 1. The van der Waals surface area contributed by atoms with E-state index in [9.17, 15) is 21.6 Å². The molecule has 0 unspecified atom stereocenters. The van der Waals surface area contributed by atoms with Gasteiger partial charge in [-0.15, -0.1) is 17.8 Å². The summed E-state index contributed by atoms with van der Waals surface area (Å²) in [6.45, 7) is 1.35. The van der Waals surface area contributed by atoms with Crippen LogP contribution in [0.5, 0.6) is 0 Å². The molecule has 0 aliphatic carbocycles. The number of fused-ring (bicyclic) bond motifs is 2. The van der Waals surface area contributed by atoms with Crippen LogP contribution in [0.4, 0.5) is 0 Å². The van der Waals surface area contributed by atoms with Gasteiger partial charge in [0.05, 0.1) is 11.9 Å². The van der Waals surface area contributed by atoms with Gasteiger partial charge in [-0.25, -0.2) is 21.8 Å². The number of carbonyl (C=O) groups is 1. The van der Waals surface area contributed by atoms with Gasteiger partial charge in [-0.1, -0.05) is 5.92 Å². The first-order chi connectivity index (χ1) is 16.6. The fourth-order valence-corrected chi connectivity index (χ4v) is 7.68. The number of piperazine rings is 1. The number of H-pyrrole nitrogens is 1. The lowest BCUT2D eigenvalue weighted by molar-refractivity contribution is 0.0697. The monoisotopic (exact) mass is 533 g/mol. The minimum Gasteiger partial charge on any atom is -0.345 e. The van der Waals surface area contributed by atoms with Crippen LogP contribution in [0.2, 0.25) is 0 Å². The maximum atomic E-state index is 13.2. The van der Waals surface area contributed by atoms with E-state index in [-0.39, 0.29) is 43.7 Å². The smallest absolute Gasteiger partial charge is 0.282 e. The summed E-state index contributed by atoms with van der Waals surface area (Å²) in [4.78, 5) is 22.8. The van der Waals surface area contributed by atoms with Gasteiger partial charge in [-0.2, -0.15) is 8.61 Å². The number of aromatic nitrogens is 2. The van der Waals surface area contributed by atoms with Crippen LogP contribution in [0.25, 0.3) is 10.9 Å². The Labute approximate surface area is 207 Å². The summed E-state index contributed by atoms with van der Waals surface area (Å²) in [6.07, 6.45) is 7.07. The minimum absolute atomic E-state index is 0.0875. The number of rotatable bonds is 4. The van der Waals surface area contributed by atoms with E-state index in [2.05, 4.69) is 15.9 Å². The van der Waals surface area contributed by atoms with Gasteiger partial charge >= 0.3 is 0 Å². The van der Waals surface area contributed by atoms with Gasteiger partial charge in [-0.05, 0) is 24.3 Å². The van der Waals surface area contributed by atoms with Crippen molar-refractivity contribution in [3.63, 3.8) is 0 Å². The molecule has 1 fully saturated rings. The second-order valence-electron chi connectivity index (χ2n) is 8.51. The second-order valence-corrected chi connectivity index (χ2v) is 13.5. The molecule has 1 saturated heterocycles. The molecular weight excluding hydrogens is 510 g/mol. The highest BCUT2D eigenvalue weighted by Gasteiger charge is 2.33. The molecule has 13 heteroatoms. The van der Waals surface area contributed by atoms with E-state index in [1.165, 1.54) is 26.2 Å². The third kappa shape index (κ3) is 4.48. The zero-order valence-corrected chi connectivity index (χ0v) is 21.3. The van der Waals surface area contributed by atoms with E-state index in [1.807, 2.05) is 0 Å². The molecule has 1 amide bonds. The molecule has 1 aromatic carbocycles. The average Bonchev–Trinajstić information content (AvgIpc) is 3.46. The Kier molecular flexibility index (Phi) is 5.97. The number of hydrogen-bond acceptors (Lipinski definition) is 7. The molecule has 0 spiro atoms. The van der Waals surface area contributed by atoms with Crippen molar-refractivity contribution < 1.29 is 21.6 Å². The maximum absolute atomic E-state index is 13.2. The standard InChI is InChI=1S/C22H23N5O5S3/c1-3-15-4-5-17-16(12-15)13-20(23-17)35(31,32)26-10-8-25(9-11-26)22(28)21-24-18-6-7-27(34(2,29)30)14-19(18)33-21/h1,4-5,12-13,23H,6-11,14H2,2H3. The van der Waals surface area contributed by atoms with Crippen molar-refractivity contribution in [2.75, 3.05) is 39.0 Å². The van der Waals surface area contributed by atoms with Crippen LogP contribution in [0.1, 0.15) is 25.9 Å². The predicted octanol–water partition coefficient (Wildman–Crippen LogP) is 1.07. The first-order valence-electron chi connectivity index (χ1n) is 10.9. The molecule has 0 atom stereocenters. The van der Waals surface area contributed by atoms with Crippen molar-refractivity contribution in [2.45, 2.75) is 18.0 Å². The fraction of sp³-hybridized carbons (Fsp3) is 0.364. The Balaban J connectivity index is 1.27. The average molecular weight is 534 g/mol. The van der Waals surface area contributed by atoms with E-state index >= 15 is 0 Å². The summed E-state index contributed by atoms with van der Waals surface area (Å²) in [7, 11) is -7.08. The summed E-state index contributed by atoms with van der Waals surface area (Å²) in [5, 5.41) is 1.11. The van der Waals surface area contributed by atoms with Gasteiger partial charge in [0.15, 0.2) is 5.01 Å². The molecule has 0 bridgehead atoms. The normalized spacial score (nSPS) is 17.9. The zero-order chi connectivity index (χ0) is 25.0. The summed E-state index contributed by atoms with van der Waals surface area (Å²) in [5.41, 5.74) is 2.10. The molecule has 2 aliphatic rings. The number of nitrogens with zero attached hydrogens (tertiary/aromatic N) is 4. The van der Waals surface area contributed by atoms with Crippen molar-refractivity contribution in [2.24, 2.45) is 0 Å². The number of sulfonamides is 2. The Hall–Kier alpha value is -2.76. The minimum atomic E-state index is -3.77. The number of hydrogen-bond donors (Lipinski definition) is 1. The Morgan fingerprint density at radius 1 is 1.09 bits per heavy atom. The van der Waals surface area contributed by atoms with E-state index in [0.29, 0.717) is 29.1 Å². The summed E-state index contributed by atoms with van der Waals surface area (Å²) >= 11 is 1.21. The van der Waals surface area contributed by atoms with E-state index < -0.39 is 20.0 Å². The molecule has 0 saturated carbocycles. The van der Waals surface area contributed by atoms with Crippen molar-refractivity contribution in [1.29, 1.82) is 0 Å². The number of thiazole rings is 1. The predicted molar refractivity (Wildman–Crippen MR) is 132 cm³/mol. The number of amides is 1. The molecule has 5 rings (SSSR count). The van der Waals surface area contributed by atoms with E-state index in [1.54, 1.807) is 29.2 Å². The highest BCUT2D eigenvalue weighted by atomic mass is 32.2. The molecule has 1 N–H and O–H groups in total. The lowest BCUT2D eigenvalue weighted by Gasteiger charge is -2.33. The van der Waals surface area contributed by atoms with Crippen LogP contribution in [-0.2, 0) is 33.0 Å². The first-order valence-corrected chi connectivity index (χ1v) is 15.0. The Morgan fingerprint density at radius 3 is 2.51 bits per heavy atom. The third-order valence-electron chi connectivity index (χ3n) is 6.25. The van der Waals surface area contributed by atoms with Crippen molar-refractivity contribution >= 4 is 48.2 Å². The molecule has 4 heterocycles. The number of carbonyl (C=O) groups excluding carboxylic acids is 1. The van der Waals surface area contributed by atoms with Crippen LogP contribution < -0.4 is 0 Å². The molecule has 2 aliphatic heterocycles. The molecule has 0 radical (unpaired) electrons. The number of benzene rings is 1. The van der Waals surface area contributed by atoms with Gasteiger partial charge in [-0.3, -0.25) is 4.79 Å². The summed E-state index contributed by atoms with van der Waals surface area (Å²) in [6, 6.07) is 6.82. The molecule has 35 heavy (non-hydrogen) atoms. The Morgan fingerprint density at radius 2 is 1.83 bits per heavy atom. The van der Waals surface area contributed by atoms with Crippen molar-refractivity contribution in [1.82, 2.24) is 23.5 Å². The largest absolute Gasteiger partial charge is 0.345 e. The molecule has 184 valence electrons. The first kappa shape index (κ1) is 24.0. The van der Waals surface area contributed by atoms with Gasteiger partial charge in [0, 0.05) is 67.0 Å². The molecular formula is C22H23N5O5S3. The highest BCUT2D eigenvalue weighted by molar-refractivity contribution is 7.89. The van der Waals surface area contributed by atoms with Crippen LogP contribution in [0.15, 0.2) is 29.3 Å². The fourth-order valence-electron chi connectivity index (χ4n) is 4.29. The summed E-state index contributed by atoms with van der Waals surface area (Å²) in [5.74, 6) is 2.28. The lowest BCUT2D eigenvalue weighted by Crippen LogP contribution is -2.50. The van der Waals surface area contributed by atoms with Gasteiger partial charge in [0.2, 0.25) is 10.0 Å². The Bertz CT molecular complexity index is 1570. The van der Waals surface area contributed by atoms with Crippen molar-refractivity contribution in [3.8, 4) is 12.3 Å². The summed E-state index contributed by atoms with van der Waals surface area (Å²) < 4.78 is 52.8. The van der Waals surface area contributed by atoms with E-state index in [4.69, 9.17) is 6.42 Å². The van der Waals surface area contributed by atoms with Crippen LogP contribution in [0.3, 0.4) is 0 Å². The van der Waals surface area contributed by atoms with Crippen LogP contribution in [0, 0.1) is 12.3 Å². The van der Waals surface area contributed by atoms with Crippen LogP contribution in [-0.4, -0.2) is 85.2 Å². The maximum Gasteiger partial charge on any atom is 0.282 e. The zero-order valence-electron chi connectivity index (χ0n) is 18.9. The van der Waals surface area contributed by atoms with Gasteiger partial charge < -0.3 is 9.88 Å². The quantitative estimate of drug-likeness (QED) is 0.501. The van der Waals surface area contributed by atoms with Crippen LogP contribution >= 0.6 is 11.3 Å². The van der Waals surface area contributed by atoms with Gasteiger partial charge in [0.1, 0.15) is 5.03 Å². The second kappa shape index (κ2) is 8.72. The topological polar surface area (TPSA) is 124 Å². The lowest BCUT2D eigenvalue weighted by atomic mass is 10.2. The van der Waals surface area contributed by atoms with E-state index in [0.717, 1.165) is 16.0 Å². The number of nitrogens with one attached hydrogen (secondary N) is 1. The number of terminal acetylenes is 1.